The van der Waals surface area contributed by atoms with Gasteiger partial charge in [-0.05, 0) is 0 Å². The Bertz CT molecular complexity index is 311. The van der Waals surface area contributed by atoms with Crippen LogP contribution in [0.5, 0.6) is 0 Å². The first-order valence-electron chi connectivity index (χ1n) is 3.93. The van der Waals surface area contributed by atoms with E-state index in [-0.39, 0.29) is 5.41 Å². The highest BCUT2D eigenvalue weighted by atomic mass is 16.5. The van der Waals surface area contributed by atoms with E-state index in [1.165, 1.54) is 0 Å². The smallest absolute Gasteiger partial charge is 0.317 e. The summed E-state index contributed by atoms with van der Waals surface area (Å²) in [6.45, 7) is 5.96. The largest absolute Gasteiger partial charge is 0.359 e. The van der Waals surface area contributed by atoms with Crippen molar-refractivity contribution >= 4 is 11.8 Å². The highest BCUT2D eigenvalue weighted by Crippen LogP contribution is 2.24. The first-order valence-corrected chi connectivity index (χ1v) is 3.93. The third-order valence-corrected chi connectivity index (χ3v) is 1.50. The highest BCUT2D eigenvalue weighted by Gasteiger charge is 2.19. The van der Waals surface area contributed by atoms with E-state index < -0.39 is 6.03 Å². The average molecular weight is 183 g/mol. The molecule has 0 aliphatic heterocycles. The van der Waals surface area contributed by atoms with Crippen molar-refractivity contribution < 1.29 is 9.32 Å². The molecular weight excluding hydrogens is 170 g/mol. The van der Waals surface area contributed by atoms with Gasteiger partial charge in [0.15, 0.2) is 5.82 Å². The number of carbonyl (C=O) groups is 1. The number of carbonyl (C=O) groups excluding carboxylic acids is 1. The number of urea groups is 1. The molecule has 0 atom stereocenters. The summed E-state index contributed by atoms with van der Waals surface area (Å²) in [7, 11) is 0. The molecule has 0 radical (unpaired) electrons. The molecule has 0 bridgehead atoms. The molecule has 5 nitrogen and oxygen atoms in total. The fourth-order valence-electron chi connectivity index (χ4n) is 0.814. The van der Waals surface area contributed by atoms with Crippen LogP contribution < -0.4 is 11.1 Å². The summed E-state index contributed by atoms with van der Waals surface area (Å²) >= 11 is 0. The van der Waals surface area contributed by atoms with Crippen molar-refractivity contribution in [1.29, 1.82) is 0 Å². The number of nitrogens with zero attached hydrogens (tertiary/aromatic N) is 1. The molecule has 1 heterocycles. The number of nitrogens with two attached hydrogens (primary N) is 1. The van der Waals surface area contributed by atoms with Crippen molar-refractivity contribution in [3.63, 3.8) is 0 Å². The third-order valence-electron chi connectivity index (χ3n) is 1.50. The summed E-state index contributed by atoms with van der Waals surface area (Å²) in [5, 5.41) is 5.97. The van der Waals surface area contributed by atoms with Crippen LogP contribution in [0.15, 0.2) is 10.6 Å². The molecule has 1 aromatic heterocycles. The maximum Gasteiger partial charge on any atom is 0.317 e. The number of nitrogens with one attached hydrogen (secondary N) is 1. The van der Waals surface area contributed by atoms with Crippen molar-refractivity contribution in [2.45, 2.75) is 26.2 Å². The Morgan fingerprint density at radius 3 is 2.62 bits per heavy atom. The van der Waals surface area contributed by atoms with E-state index in [0.29, 0.717) is 11.6 Å². The standard InChI is InChI=1S/C8H13N3O2/c1-8(2,3)5-4-6(11-13-5)10-7(9)12/h4H,1-3H3,(H3,9,10,11,12). The number of anilines is 1. The van der Waals surface area contributed by atoms with Gasteiger partial charge >= 0.3 is 6.03 Å². The molecule has 1 rings (SSSR count). The van der Waals surface area contributed by atoms with Crippen LogP contribution in [0, 0.1) is 0 Å². The van der Waals surface area contributed by atoms with Crippen LogP contribution in [0.2, 0.25) is 0 Å². The molecule has 1 aromatic rings. The Balaban J connectivity index is 2.81. The Morgan fingerprint density at radius 1 is 1.62 bits per heavy atom. The second-order valence-corrected chi connectivity index (χ2v) is 3.82. The molecule has 0 aromatic carbocycles. The summed E-state index contributed by atoms with van der Waals surface area (Å²) in [4.78, 5) is 10.5. The third kappa shape index (κ3) is 2.47. The molecule has 13 heavy (non-hydrogen) atoms. The number of primary amides is 1. The summed E-state index contributed by atoms with van der Waals surface area (Å²) in [6.07, 6.45) is 0. The predicted octanol–water partition coefficient (Wildman–Crippen LogP) is 1.46. The SMILES string of the molecule is CC(C)(C)c1cc(NC(N)=O)no1. The van der Waals surface area contributed by atoms with E-state index in [9.17, 15) is 4.79 Å². The van der Waals surface area contributed by atoms with Crippen LogP contribution >= 0.6 is 0 Å². The highest BCUT2D eigenvalue weighted by molar-refractivity contribution is 5.86. The Labute approximate surface area is 76.3 Å². The van der Waals surface area contributed by atoms with Gasteiger partial charge in [-0.25, -0.2) is 4.79 Å². The molecule has 72 valence electrons. The van der Waals surface area contributed by atoms with Crippen molar-refractivity contribution in [2.24, 2.45) is 5.73 Å². The number of hydrogen-bond acceptors (Lipinski definition) is 3. The topological polar surface area (TPSA) is 81.1 Å². The molecule has 0 saturated carbocycles. The molecule has 2 amide bonds. The van der Waals surface area contributed by atoms with Crippen LogP contribution in [0.1, 0.15) is 26.5 Å². The minimum absolute atomic E-state index is 0.120. The monoisotopic (exact) mass is 183 g/mol. The minimum Gasteiger partial charge on any atom is -0.359 e. The van der Waals surface area contributed by atoms with Gasteiger partial charge in [0, 0.05) is 11.5 Å². The van der Waals surface area contributed by atoms with Crippen molar-refractivity contribution in [2.75, 3.05) is 5.32 Å². The number of rotatable bonds is 1. The van der Waals surface area contributed by atoms with Crippen molar-refractivity contribution in [3.8, 4) is 0 Å². The Morgan fingerprint density at radius 2 is 2.23 bits per heavy atom. The predicted molar refractivity (Wildman–Crippen MR) is 48.4 cm³/mol. The van der Waals surface area contributed by atoms with Crippen LogP contribution in [0.4, 0.5) is 10.6 Å². The molecule has 5 heteroatoms. The first kappa shape index (κ1) is 9.57. The van der Waals surface area contributed by atoms with Gasteiger partial charge in [-0.1, -0.05) is 25.9 Å². The van der Waals surface area contributed by atoms with Gasteiger partial charge in [0.25, 0.3) is 0 Å². The second-order valence-electron chi connectivity index (χ2n) is 3.82. The van der Waals surface area contributed by atoms with E-state index in [1.807, 2.05) is 20.8 Å². The van der Waals surface area contributed by atoms with E-state index in [4.69, 9.17) is 10.3 Å². The van der Waals surface area contributed by atoms with Gasteiger partial charge < -0.3 is 10.3 Å². The Hall–Kier alpha value is -1.52. The van der Waals surface area contributed by atoms with Crippen LogP contribution in [-0.2, 0) is 5.41 Å². The Kier molecular flexibility index (Phi) is 2.27. The molecule has 3 N–H and O–H groups in total. The van der Waals surface area contributed by atoms with Gasteiger partial charge in [0.1, 0.15) is 5.76 Å². The van der Waals surface area contributed by atoms with E-state index in [2.05, 4.69) is 10.5 Å². The molecule has 0 aliphatic rings. The maximum atomic E-state index is 10.5. The van der Waals surface area contributed by atoms with E-state index >= 15 is 0 Å². The normalized spacial score (nSPS) is 11.3. The molecule has 0 saturated heterocycles. The molecule has 0 unspecified atom stereocenters. The summed E-state index contributed by atoms with van der Waals surface area (Å²) in [6, 6.07) is 1.01. The van der Waals surface area contributed by atoms with Crippen molar-refractivity contribution in [3.05, 3.63) is 11.8 Å². The fourth-order valence-corrected chi connectivity index (χ4v) is 0.814. The molecule has 0 fully saturated rings. The number of amides is 2. The van der Waals surface area contributed by atoms with Gasteiger partial charge in [0.2, 0.25) is 0 Å². The van der Waals surface area contributed by atoms with Crippen LogP contribution in [0.3, 0.4) is 0 Å². The number of aromatic nitrogens is 1. The van der Waals surface area contributed by atoms with Crippen LogP contribution in [0.25, 0.3) is 0 Å². The summed E-state index contributed by atoms with van der Waals surface area (Å²) < 4.78 is 5.01. The second kappa shape index (κ2) is 3.08. The van der Waals surface area contributed by atoms with Gasteiger partial charge in [0.05, 0.1) is 0 Å². The first-order chi connectivity index (χ1) is 5.89. The van der Waals surface area contributed by atoms with Crippen LogP contribution in [-0.4, -0.2) is 11.2 Å². The lowest BCUT2D eigenvalue weighted by atomic mass is 9.93. The van der Waals surface area contributed by atoms with E-state index in [1.54, 1.807) is 6.07 Å². The zero-order valence-corrected chi connectivity index (χ0v) is 7.92. The molecule has 0 aliphatic carbocycles. The maximum absolute atomic E-state index is 10.5. The summed E-state index contributed by atoms with van der Waals surface area (Å²) in [5.41, 5.74) is 4.79. The van der Waals surface area contributed by atoms with Gasteiger partial charge in [-0.2, -0.15) is 0 Å². The lowest BCUT2D eigenvalue weighted by Crippen LogP contribution is -2.19. The fraction of sp³-hybridized carbons (Fsp3) is 0.500. The quantitative estimate of drug-likeness (QED) is 0.691. The van der Waals surface area contributed by atoms with Gasteiger partial charge in [-0.3, -0.25) is 5.32 Å². The zero-order chi connectivity index (χ0) is 10.1. The minimum atomic E-state index is -0.645. The van der Waals surface area contributed by atoms with Gasteiger partial charge in [-0.15, -0.1) is 0 Å². The molecular formula is C8H13N3O2. The molecule has 0 spiro atoms. The zero-order valence-electron chi connectivity index (χ0n) is 7.92. The number of hydrogen-bond donors (Lipinski definition) is 2. The summed E-state index contributed by atoms with van der Waals surface area (Å²) in [5.74, 6) is 1.05. The average Bonchev–Trinajstić information content (AvgIpc) is 2.32. The van der Waals surface area contributed by atoms with Crippen molar-refractivity contribution in [1.82, 2.24) is 5.16 Å². The lowest BCUT2D eigenvalue weighted by molar-refractivity contribution is 0.259. The van der Waals surface area contributed by atoms with E-state index in [0.717, 1.165) is 0 Å². The lowest BCUT2D eigenvalue weighted by Gasteiger charge is -2.11.